The topological polar surface area (TPSA) is 427 Å². The highest BCUT2D eigenvalue weighted by molar-refractivity contribution is 4.98. The molecular formula is C30H52O26. The van der Waals surface area contributed by atoms with E-state index in [4.69, 9.17) is 42.6 Å². The Morgan fingerprint density at radius 3 is 0.714 bits per heavy atom. The van der Waals surface area contributed by atoms with Crippen LogP contribution in [-0.2, 0) is 42.6 Å². The summed E-state index contributed by atoms with van der Waals surface area (Å²) in [6, 6.07) is 0. The van der Waals surface area contributed by atoms with Crippen LogP contribution in [0.4, 0.5) is 0 Å². The summed E-state index contributed by atoms with van der Waals surface area (Å²) in [7, 11) is 0. The van der Waals surface area contributed by atoms with Crippen molar-refractivity contribution in [3.05, 3.63) is 0 Å². The molecule has 5 fully saturated rings. The first-order valence-corrected chi connectivity index (χ1v) is 17.6. The van der Waals surface area contributed by atoms with Gasteiger partial charge in [0.05, 0.1) is 33.0 Å². The van der Waals surface area contributed by atoms with E-state index in [0.717, 1.165) is 0 Å². The average Bonchev–Trinajstić information content (AvgIpc) is 3.19. The SMILES string of the molecule is OCC1OC(OC2OC(CO)C(OC3OC(CO)C(OC4OC(CO)C(OC5OC(CO)C(O)C(O)C5O)C(O)C4O)C(O)C3O)C(O)C2O)C(O)C(O)C1O. The maximum absolute atomic E-state index is 11.1. The lowest BCUT2D eigenvalue weighted by molar-refractivity contribution is -0.399. The molecule has 5 aliphatic rings. The fourth-order valence-electron chi connectivity index (χ4n) is 6.96. The maximum Gasteiger partial charge on any atom is 0.189 e. The molecule has 0 bridgehead atoms. The number of aliphatic hydroxyl groups excluding tert-OH is 17. The molecule has 328 valence electrons. The number of rotatable bonds is 13. The monoisotopic (exact) mass is 828 g/mol. The Morgan fingerprint density at radius 2 is 0.464 bits per heavy atom. The first-order chi connectivity index (χ1) is 26.5. The summed E-state index contributed by atoms with van der Waals surface area (Å²) < 4.78 is 49.1. The summed E-state index contributed by atoms with van der Waals surface area (Å²) in [6.45, 7) is -4.48. The summed E-state index contributed by atoms with van der Waals surface area (Å²) in [5.74, 6) is 0. The summed E-state index contributed by atoms with van der Waals surface area (Å²) in [6.07, 6.45) is -45.8. The molecule has 26 heteroatoms. The van der Waals surface area contributed by atoms with E-state index in [1.54, 1.807) is 0 Å². The smallest absolute Gasteiger partial charge is 0.189 e. The number of hydrogen-bond donors (Lipinski definition) is 17. The zero-order chi connectivity index (χ0) is 41.3. The van der Waals surface area contributed by atoms with E-state index in [1.807, 2.05) is 0 Å². The van der Waals surface area contributed by atoms with Gasteiger partial charge in [-0.15, -0.1) is 0 Å². The van der Waals surface area contributed by atoms with Crippen LogP contribution in [0.5, 0.6) is 0 Å². The largest absolute Gasteiger partial charge is 0.394 e. The number of ether oxygens (including phenoxy) is 9. The third-order valence-electron chi connectivity index (χ3n) is 10.3. The molecule has 25 unspecified atom stereocenters. The molecule has 0 saturated carbocycles. The van der Waals surface area contributed by atoms with Crippen molar-refractivity contribution in [2.45, 2.75) is 154 Å². The average molecular weight is 829 g/mol. The molecule has 26 nitrogen and oxygen atoms in total. The predicted octanol–water partition coefficient (Wildman–Crippen LogP) is -11.9. The highest BCUT2D eigenvalue weighted by Gasteiger charge is 2.56. The van der Waals surface area contributed by atoms with E-state index in [9.17, 15) is 86.8 Å². The molecule has 0 aromatic rings. The Morgan fingerprint density at radius 1 is 0.250 bits per heavy atom. The van der Waals surface area contributed by atoms with Gasteiger partial charge in [-0.3, -0.25) is 0 Å². The van der Waals surface area contributed by atoms with Crippen molar-refractivity contribution in [3.8, 4) is 0 Å². The summed E-state index contributed by atoms with van der Waals surface area (Å²) in [4.78, 5) is 0. The van der Waals surface area contributed by atoms with Crippen molar-refractivity contribution >= 4 is 0 Å². The number of aliphatic hydroxyl groups is 17. The lowest BCUT2D eigenvalue weighted by Crippen LogP contribution is -2.68. The summed E-state index contributed by atoms with van der Waals surface area (Å²) in [5.41, 5.74) is 0. The molecule has 56 heavy (non-hydrogen) atoms. The van der Waals surface area contributed by atoms with Crippen LogP contribution in [0.25, 0.3) is 0 Å². The van der Waals surface area contributed by atoms with Gasteiger partial charge in [-0.25, -0.2) is 0 Å². The van der Waals surface area contributed by atoms with Crippen molar-refractivity contribution in [2.24, 2.45) is 0 Å². The molecule has 5 saturated heterocycles. The molecule has 17 N–H and O–H groups in total. The molecule has 5 heterocycles. The second-order valence-electron chi connectivity index (χ2n) is 14.0. The van der Waals surface area contributed by atoms with Gasteiger partial charge in [0.25, 0.3) is 0 Å². The first kappa shape index (κ1) is 46.0. The van der Waals surface area contributed by atoms with Crippen molar-refractivity contribution in [1.29, 1.82) is 0 Å². The molecule has 0 radical (unpaired) electrons. The van der Waals surface area contributed by atoms with Gasteiger partial charge in [-0.1, -0.05) is 0 Å². The van der Waals surface area contributed by atoms with Crippen molar-refractivity contribution < 1.29 is 129 Å². The fraction of sp³-hybridized carbons (Fsp3) is 1.00. The van der Waals surface area contributed by atoms with Gasteiger partial charge in [0.2, 0.25) is 0 Å². The Kier molecular flexibility index (Phi) is 16.1. The van der Waals surface area contributed by atoms with Crippen LogP contribution in [0.2, 0.25) is 0 Å². The molecule has 0 aromatic heterocycles. The fourth-order valence-corrected chi connectivity index (χ4v) is 6.96. The molecule has 5 rings (SSSR count). The second kappa shape index (κ2) is 19.6. The van der Waals surface area contributed by atoms with Gasteiger partial charge < -0.3 is 129 Å². The van der Waals surface area contributed by atoms with Gasteiger partial charge in [0, 0.05) is 0 Å². The van der Waals surface area contributed by atoms with Crippen LogP contribution in [-0.4, -0.2) is 273 Å². The van der Waals surface area contributed by atoms with Crippen molar-refractivity contribution in [1.82, 2.24) is 0 Å². The van der Waals surface area contributed by atoms with Gasteiger partial charge in [0.1, 0.15) is 122 Å². The highest BCUT2D eigenvalue weighted by Crippen LogP contribution is 2.35. The second-order valence-corrected chi connectivity index (χ2v) is 14.0. The van der Waals surface area contributed by atoms with Crippen LogP contribution in [0.3, 0.4) is 0 Å². The minimum atomic E-state index is -2.11. The van der Waals surface area contributed by atoms with E-state index in [0.29, 0.717) is 0 Å². The van der Waals surface area contributed by atoms with Gasteiger partial charge >= 0.3 is 0 Å². The third-order valence-corrected chi connectivity index (χ3v) is 10.3. The minimum absolute atomic E-state index is 0.809. The lowest BCUT2D eigenvalue weighted by atomic mass is 9.95. The Labute approximate surface area is 316 Å². The number of hydrogen-bond acceptors (Lipinski definition) is 26. The van der Waals surface area contributed by atoms with Crippen LogP contribution in [0.15, 0.2) is 0 Å². The standard InChI is InChI=1S/C30H52O26/c31-1-6-11(36)13(38)18(43)26(48-6)53-23-8(3-33)50-27(20(45)15(23)40)54-24-9(4-34)51-28(21(46)16(24)41)55-25-10(5-35)52-30(22(47)17(25)42)56-29-19(44)14(39)12(37)7(2-32)49-29/h6-47H,1-5H2. The summed E-state index contributed by atoms with van der Waals surface area (Å²) in [5, 5.41) is 175. The third kappa shape index (κ3) is 9.16. The molecule has 0 amide bonds. The highest BCUT2D eigenvalue weighted by atomic mass is 16.8. The van der Waals surface area contributed by atoms with Gasteiger partial charge in [-0.05, 0) is 0 Å². The summed E-state index contributed by atoms with van der Waals surface area (Å²) >= 11 is 0. The predicted molar refractivity (Wildman–Crippen MR) is 167 cm³/mol. The normalized spacial score (nSPS) is 53.2. The molecule has 0 spiro atoms. The zero-order valence-electron chi connectivity index (χ0n) is 29.2. The maximum atomic E-state index is 11.1. The lowest BCUT2D eigenvalue weighted by Gasteiger charge is -2.49. The Balaban J connectivity index is 1.22. The van der Waals surface area contributed by atoms with Crippen LogP contribution >= 0.6 is 0 Å². The Bertz CT molecular complexity index is 1200. The van der Waals surface area contributed by atoms with Crippen molar-refractivity contribution in [3.63, 3.8) is 0 Å². The Hall–Kier alpha value is -1.04. The molecule has 25 atom stereocenters. The van der Waals surface area contributed by atoms with Gasteiger partial charge in [-0.2, -0.15) is 0 Å². The van der Waals surface area contributed by atoms with Gasteiger partial charge in [0.15, 0.2) is 31.5 Å². The van der Waals surface area contributed by atoms with E-state index >= 15 is 0 Å². The molecule has 0 aliphatic carbocycles. The van der Waals surface area contributed by atoms with E-state index in [2.05, 4.69) is 0 Å². The molecular weight excluding hydrogens is 776 g/mol. The van der Waals surface area contributed by atoms with Crippen LogP contribution in [0.1, 0.15) is 0 Å². The molecule has 5 aliphatic heterocycles. The quantitative estimate of drug-likeness (QED) is 0.0819. The van der Waals surface area contributed by atoms with E-state index in [1.165, 1.54) is 0 Å². The van der Waals surface area contributed by atoms with E-state index in [-0.39, 0.29) is 0 Å². The zero-order valence-corrected chi connectivity index (χ0v) is 29.2. The van der Waals surface area contributed by atoms with Crippen molar-refractivity contribution in [2.75, 3.05) is 33.0 Å². The molecule has 0 aromatic carbocycles. The minimum Gasteiger partial charge on any atom is -0.394 e. The van der Waals surface area contributed by atoms with Crippen LogP contribution in [0, 0.1) is 0 Å². The first-order valence-electron chi connectivity index (χ1n) is 17.6. The van der Waals surface area contributed by atoms with Crippen LogP contribution < -0.4 is 0 Å². The van der Waals surface area contributed by atoms with E-state index < -0.39 is 187 Å².